The van der Waals surface area contributed by atoms with E-state index >= 15 is 0 Å². The van der Waals surface area contributed by atoms with Crippen molar-refractivity contribution >= 4 is 5.97 Å². The molecule has 0 amide bonds. The van der Waals surface area contributed by atoms with E-state index in [1.165, 1.54) is 0 Å². The van der Waals surface area contributed by atoms with Crippen molar-refractivity contribution in [3.8, 4) is 0 Å². The van der Waals surface area contributed by atoms with Crippen LogP contribution in [0.5, 0.6) is 0 Å². The van der Waals surface area contributed by atoms with Gasteiger partial charge in [0.1, 0.15) is 12.4 Å². The van der Waals surface area contributed by atoms with Crippen molar-refractivity contribution in [2.75, 3.05) is 0 Å². The highest BCUT2D eigenvalue weighted by atomic mass is 19.4. The molecule has 0 bridgehead atoms. The number of benzene rings is 1. The lowest BCUT2D eigenvalue weighted by Crippen LogP contribution is -2.56. The number of alkyl halides is 7. The van der Waals surface area contributed by atoms with Crippen LogP contribution >= 0.6 is 0 Å². The van der Waals surface area contributed by atoms with Crippen LogP contribution in [-0.4, -0.2) is 24.0 Å². The molecule has 1 aromatic rings. The lowest BCUT2D eigenvalue weighted by molar-refractivity contribution is -0.348. The standard InChI is InChI=1S/C11H6F8O2/c12-7-3-1-6(2-4-7)5-21-8(20)9(13,14)10(15,16)11(17,18)19/h1-4H,5H2. The van der Waals surface area contributed by atoms with Gasteiger partial charge in [-0.3, -0.25) is 0 Å². The Morgan fingerprint density at radius 3 is 1.86 bits per heavy atom. The summed E-state index contributed by atoms with van der Waals surface area (Å²) in [6.45, 7) is -1.01. The summed E-state index contributed by atoms with van der Waals surface area (Å²) >= 11 is 0. The van der Waals surface area contributed by atoms with Gasteiger partial charge in [-0.05, 0) is 17.7 Å². The van der Waals surface area contributed by atoms with E-state index in [0.29, 0.717) is 0 Å². The van der Waals surface area contributed by atoms with Crippen LogP contribution < -0.4 is 0 Å². The zero-order valence-corrected chi connectivity index (χ0v) is 9.86. The minimum Gasteiger partial charge on any atom is -0.456 e. The minimum absolute atomic E-state index is 0.0733. The zero-order chi connectivity index (χ0) is 16.5. The van der Waals surface area contributed by atoms with Crippen LogP contribution in [0.1, 0.15) is 5.56 Å². The van der Waals surface area contributed by atoms with Gasteiger partial charge in [0, 0.05) is 0 Å². The smallest absolute Gasteiger partial charge is 0.456 e. The van der Waals surface area contributed by atoms with Crippen LogP contribution in [0.3, 0.4) is 0 Å². The zero-order valence-electron chi connectivity index (χ0n) is 9.86. The third kappa shape index (κ3) is 3.42. The molecule has 0 aliphatic carbocycles. The molecule has 0 aliphatic heterocycles. The van der Waals surface area contributed by atoms with Crippen LogP contribution in [0, 0.1) is 5.82 Å². The van der Waals surface area contributed by atoms with E-state index < -0.39 is 36.4 Å². The Hall–Kier alpha value is -1.87. The Morgan fingerprint density at radius 2 is 1.43 bits per heavy atom. The van der Waals surface area contributed by atoms with Gasteiger partial charge >= 0.3 is 24.0 Å². The van der Waals surface area contributed by atoms with Crippen molar-refractivity contribution in [3.05, 3.63) is 35.6 Å². The van der Waals surface area contributed by atoms with E-state index in [-0.39, 0.29) is 5.56 Å². The quantitative estimate of drug-likeness (QED) is 0.624. The highest BCUT2D eigenvalue weighted by Crippen LogP contribution is 2.47. The van der Waals surface area contributed by atoms with Crippen LogP contribution in [-0.2, 0) is 16.1 Å². The van der Waals surface area contributed by atoms with Gasteiger partial charge in [0.05, 0.1) is 0 Å². The molecule has 21 heavy (non-hydrogen) atoms. The maximum absolute atomic E-state index is 12.9. The van der Waals surface area contributed by atoms with Crippen molar-refractivity contribution in [2.24, 2.45) is 0 Å². The SMILES string of the molecule is O=C(OCc1ccc(F)cc1)C(F)(F)C(F)(F)C(F)(F)F. The van der Waals surface area contributed by atoms with E-state index in [1.807, 2.05) is 0 Å². The van der Waals surface area contributed by atoms with Crippen LogP contribution in [0.4, 0.5) is 35.1 Å². The summed E-state index contributed by atoms with van der Waals surface area (Å²) < 4.78 is 102. The molecule has 0 radical (unpaired) electrons. The predicted octanol–water partition coefficient (Wildman–Crippen LogP) is 3.70. The third-order valence-corrected chi connectivity index (χ3v) is 2.29. The molecular formula is C11H6F8O2. The fourth-order valence-corrected chi connectivity index (χ4v) is 1.13. The average molecular weight is 322 g/mol. The summed E-state index contributed by atoms with van der Waals surface area (Å²) in [6, 6.07) is 3.66. The Bertz CT molecular complexity index is 506. The summed E-state index contributed by atoms with van der Waals surface area (Å²) in [5.41, 5.74) is -0.0733. The van der Waals surface area contributed by atoms with Gasteiger partial charge in [0.25, 0.3) is 0 Å². The lowest BCUT2D eigenvalue weighted by Gasteiger charge is -2.26. The van der Waals surface area contributed by atoms with Gasteiger partial charge in [-0.25, -0.2) is 9.18 Å². The van der Waals surface area contributed by atoms with Crippen LogP contribution in [0.15, 0.2) is 24.3 Å². The molecule has 0 unspecified atom stereocenters. The monoisotopic (exact) mass is 322 g/mol. The fraction of sp³-hybridized carbons (Fsp3) is 0.364. The Labute approximate surface area is 112 Å². The second-order valence-corrected chi connectivity index (χ2v) is 3.85. The molecule has 10 heteroatoms. The van der Waals surface area contributed by atoms with Crippen molar-refractivity contribution in [3.63, 3.8) is 0 Å². The first-order chi connectivity index (χ1) is 9.39. The lowest BCUT2D eigenvalue weighted by atomic mass is 10.1. The molecule has 0 saturated carbocycles. The highest BCUT2D eigenvalue weighted by Gasteiger charge is 2.77. The number of esters is 1. The van der Waals surface area contributed by atoms with Crippen LogP contribution in [0.2, 0.25) is 0 Å². The Morgan fingerprint density at radius 1 is 0.952 bits per heavy atom. The molecule has 0 saturated heterocycles. The average Bonchev–Trinajstić information content (AvgIpc) is 2.36. The van der Waals surface area contributed by atoms with Gasteiger partial charge in [-0.1, -0.05) is 12.1 Å². The largest absolute Gasteiger partial charge is 0.460 e. The van der Waals surface area contributed by atoms with Crippen molar-refractivity contribution in [2.45, 2.75) is 24.6 Å². The molecule has 0 aromatic heterocycles. The maximum Gasteiger partial charge on any atom is 0.460 e. The Balaban J connectivity index is 2.80. The second kappa shape index (κ2) is 5.49. The van der Waals surface area contributed by atoms with Gasteiger partial charge in [-0.15, -0.1) is 0 Å². The molecule has 118 valence electrons. The summed E-state index contributed by atoms with van der Waals surface area (Å²) in [4.78, 5) is 10.8. The van der Waals surface area contributed by atoms with Gasteiger partial charge in [-0.2, -0.15) is 30.7 Å². The number of hydrogen-bond donors (Lipinski definition) is 0. The molecule has 0 fully saturated rings. The summed E-state index contributed by atoms with van der Waals surface area (Å²) in [5, 5.41) is 0. The first-order valence-corrected chi connectivity index (χ1v) is 5.13. The topological polar surface area (TPSA) is 26.3 Å². The molecule has 0 spiro atoms. The predicted molar refractivity (Wildman–Crippen MR) is 52.1 cm³/mol. The summed E-state index contributed by atoms with van der Waals surface area (Å²) in [5.74, 6) is -16.4. The van der Waals surface area contributed by atoms with Crippen molar-refractivity contribution in [1.82, 2.24) is 0 Å². The normalized spacial score (nSPS) is 13.1. The molecule has 2 nitrogen and oxygen atoms in total. The third-order valence-electron chi connectivity index (χ3n) is 2.29. The van der Waals surface area contributed by atoms with Crippen molar-refractivity contribution < 1.29 is 44.7 Å². The molecule has 0 N–H and O–H groups in total. The summed E-state index contributed by atoms with van der Waals surface area (Å²) in [6.07, 6.45) is -6.62. The molecule has 0 heterocycles. The number of halogens is 8. The number of hydrogen-bond acceptors (Lipinski definition) is 2. The van der Waals surface area contributed by atoms with Gasteiger partial charge < -0.3 is 4.74 Å². The van der Waals surface area contributed by atoms with E-state index in [0.717, 1.165) is 24.3 Å². The van der Waals surface area contributed by atoms with E-state index in [4.69, 9.17) is 0 Å². The second-order valence-electron chi connectivity index (χ2n) is 3.85. The number of ether oxygens (including phenoxy) is 1. The van der Waals surface area contributed by atoms with E-state index in [9.17, 15) is 39.9 Å². The molecule has 0 aliphatic rings. The highest BCUT2D eigenvalue weighted by molar-refractivity contribution is 5.79. The van der Waals surface area contributed by atoms with Gasteiger partial charge in [0.15, 0.2) is 0 Å². The first-order valence-electron chi connectivity index (χ1n) is 5.13. The summed E-state index contributed by atoms with van der Waals surface area (Å²) in [7, 11) is 0. The first kappa shape index (κ1) is 17.2. The van der Waals surface area contributed by atoms with Gasteiger partial charge in [0.2, 0.25) is 0 Å². The number of carbonyl (C=O) groups excluding carboxylic acids is 1. The Kier molecular flexibility index (Phi) is 4.49. The molecular weight excluding hydrogens is 316 g/mol. The molecule has 1 aromatic carbocycles. The minimum atomic E-state index is -6.62. The van der Waals surface area contributed by atoms with Crippen molar-refractivity contribution in [1.29, 1.82) is 0 Å². The molecule has 1 rings (SSSR count). The van der Waals surface area contributed by atoms with E-state index in [1.54, 1.807) is 0 Å². The fourth-order valence-electron chi connectivity index (χ4n) is 1.13. The number of carbonyl (C=O) groups is 1. The molecule has 0 atom stereocenters. The van der Waals surface area contributed by atoms with Crippen LogP contribution in [0.25, 0.3) is 0 Å². The van der Waals surface area contributed by atoms with E-state index in [2.05, 4.69) is 4.74 Å². The maximum atomic E-state index is 12.9. The number of rotatable bonds is 4.